The third-order valence-electron chi connectivity index (χ3n) is 1.52. The van der Waals surface area contributed by atoms with E-state index < -0.39 is 18.2 Å². The van der Waals surface area contributed by atoms with Gasteiger partial charge in [0.05, 0.1) is 6.61 Å². The normalized spacial score (nSPS) is 33.6. The first-order valence-electron chi connectivity index (χ1n) is 3.23. The molecule has 0 saturated carbocycles. The number of rotatable bonds is 1. The zero-order valence-electron chi connectivity index (χ0n) is 5.49. The smallest absolute Gasteiger partial charge is 0.335 e. The standard InChI is InChI=1S/C6H10O4/c7-3-4-1-2-5(8)6(9)10-4/h4-5,7-8H,1-3H2. The van der Waals surface area contributed by atoms with Crippen molar-refractivity contribution < 1.29 is 19.7 Å². The lowest BCUT2D eigenvalue weighted by atomic mass is 10.1. The predicted octanol–water partition coefficient (Wildman–Crippen LogP) is -0.955. The van der Waals surface area contributed by atoms with Gasteiger partial charge in [0.15, 0.2) is 6.10 Å². The van der Waals surface area contributed by atoms with Gasteiger partial charge in [-0.1, -0.05) is 0 Å². The van der Waals surface area contributed by atoms with Crippen molar-refractivity contribution >= 4 is 5.97 Å². The van der Waals surface area contributed by atoms with Gasteiger partial charge in [-0.15, -0.1) is 0 Å². The molecule has 1 aliphatic heterocycles. The molecule has 1 saturated heterocycles. The summed E-state index contributed by atoms with van der Waals surface area (Å²) in [4.78, 5) is 10.6. The van der Waals surface area contributed by atoms with Crippen LogP contribution < -0.4 is 0 Å². The summed E-state index contributed by atoms with van der Waals surface area (Å²) in [7, 11) is 0. The van der Waals surface area contributed by atoms with Crippen LogP contribution in [0.1, 0.15) is 12.8 Å². The second kappa shape index (κ2) is 2.98. The number of aliphatic hydroxyl groups is 2. The van der Waals surface area contributed by atoms with E-state index in [0.717, 1.165) is 0 Å². The summed E-state index contributed by atoms with van der Waals surface area (Å²) in [6.45, 7) is -0.154. The van der Waals surface area contributed by atoms with Crippen molar-refractivity contribution in [3.8, 4) is 0 Å². The Morgan fingerprint density at radius 1 is 1.60 bits per heavy atom. The molecule has 1 heterocycles. The van der Waals surface area contributed by atoms with Crippen LogP contribution in [0.2, 0.25) is 0 Å². The molecule has 4 nitrogen and oxygen atoms in total. The molecule has 0 amide bonds. The Labute approximate surface area is 58.4 Å². The first-order valence-corrected chi connectivity index (χ1v) is 3.23. The zero-order chi connectivity index (χ0) is 7.56. The van der Waals surface area contributed by atoms with Crippen molar-refractivity contribution in [2.75, 3.05) is 6.61 Å². The minimum atomic E-state index is -0.984. The molecule has 0 aromatic rings. The summed E-state index contributed by atoms with van der Waals surface area (Å²) in [6.07, 6.45) is -0.452. The minimum Gasteiger partial charge on any atom is -0.458 e. The van der Waals surface area contributed by atoms with Crippen LogP contribution >= 0.6 is 0 Å². The lowest BCUT2D eigenvalue weighted by Gasteiger charge is -2.23. The van der Waals surface area contributed by atoms with Crippen molar-refractivity contribution in [3.63, 3.8) is 0 Å². The Kier molecular flexibility index (Phi) is 2.24. The van der Waals surface area contributed by atoms with E-state index in [4.69, 9.17) is 10.2 Å². The molecule has 1 fully saturated rings. The Morgan fingerprint density at radius 2 is 2.30 bits per heavy atom. The van der Waals surface area contributed by atoms with E-state index in [1.54, 1.807) is 0 Å². The third kappa shape index (κ3) is 1.46. The highest BCUT2D eigenvalue weighted by Gasteiger charge is 2.27. The van der Waals surface area contributed by atoms with E-state index >= 15 is 0 Å². The highest BCUT2D eigenvalue weighted by Crippen LogP contribution is 2.13. The quantitative estimate of drug-likeness (QED) is 0.468. The van der Waals surface area contributed by atoms with Crippen LogP contribution in [-0.2, 0) is 9.53 Å². The molecule has 2 unspecified atom stereocenters. The topological polar surface area (TPSA) is 66.8 Å². The molecular weight excluding hydrogens is 136 g/mol. The second-order valence-corrected chi connectivity index (χ2v) is 2.33. The van der Waals surface area contributed by atoms with Gasteiger partial charge in [0.25, 0.3) is 0 Å². The number of aliphatic hydroxyl groups excluding tert-OH is 2. The monoisotopic (exact) mass is 146 g/mol. The van der Waals surface area contributed by atoms with Crippen molar-refractivity contribution in [3.05, 3.63) is 0 Å². The highest BCUT2D eigenvalue weighted by atomic mass is 16.6. The summed E-state index contributed by atoms with van der Waals surface area (Å²) in [6, 6.07) is 0. The molecule has 2 atom stereocenters. The van der Waals surface area contributed by atoms with Crippen LogP contribution in [0.5, 0.6) is 0 Å². The molecule has 0 bridgehead atoms. The van der Waals surface area contributed by atoms with Gasteiger partial charge >= 0.3 is 5.97 Å². The number of hydrogen-bond donors (Lipinski definition) is 2. The fourth-order valence-electron chi connectivity index (χ4n) is 0.892. The van der Waals surface area contributed by atoms with Crippen LogP contribution in [-0.4, -0.2) is 35.0 Å². The Balaban J connectivity index is 2.41. The zero-order valence-corrected chi connectivity index (χ0v) is 5.49. The van der Waals surface area contributed by atoms with Gasteiger partial charge in [0.2, 0.25) is 0 Å². The first kappa shape index (κ1) is 7.50. The van der Waals surface area contributed by atoms with Crippen LogP contribution in [0.3, 0.4) is 0 Å². The Morgan fingerprint density at radius 3 is 2.80 bits per heavy atom. The predicted molar refractivity (Wildman–Crippen MR) is 32.2 cm³/mol. The lowest BCUT2D eigenvalue weighted by molar-refractivity contribution is -0.169. The van der Waals surface area contributed by atoms with Gasteiger partial charge in [0, 0.05) is 0 Å². The van der Waals surface area contributed by atoms with Gasteiger partial charge in [-0.3, -0.25) is 0 Å². The van der Waals surface area contributed by atoms with Gasteiger partial charge < -0.3 is 14.9 Å². The lowest BCUT2D eigenvalue weighted by Crippen LogP contribution is -2.36. The van der Waals surface area contributed by atoms with Crippen molar-refractivity contribution in [1.29, 1.82) is 0 Å². The average molecular weight is 146 g/mol. The molecule has 0 radical (unpaired) electrons. The summed E-state index contributed by atoms with van der Waals surface area (Å²) >= 11 is 0. The van der Waals surface area contributed by atoms with E-state index in [2.05, 4.69) is 4.74 Å². The molecular formula is C6H10O4. The van der Waals surface area contributed by atoms with E-state index in [9.17, 15) is 4.79 Å². The van der Waals surface area contributed by atoms with Crippen LogP contribution in [0, 0.1) is 0 Å². The fourth-order valence-corrected chi connectivity index (χ4v) is 0.892. The summed E-state index contributed by atoms with van der Waals surface area (Å²) in [5.41, 5.74) is 0. The van der Waals surface area contributed by atoms with Crippen LogP contribution in [0.25, 0.3) is 0 Å². The third-order valence-corrected chi connectivity index (χ3v) is 1.52. The molecule has 0 aromatic carbocycles. The summed E-state index contributed by atoms with van der Waals surface area (Å²) in [5.74, 6) is -0.620. The minimum absolute atomic E-state index is 0.154. The first-order chi connectivity index (χ1) is 4.74. The Hall–Kier alpha value is -0.610. The number of hydrogen-bond acceptors (Lipinski definition) is 4. The largest absolute Gasteiger partial charge is 0.458 e. The van der Waals surface area contributed by atoms with Crippen molar-refractivity contribution in [1.82, 2.24) is 0 Å². The average Bonchev–Trinajstić information content (AvgIpc) is 1.95. The van der Waals surface area contributed by atoms with E-state index in [-0.39, 0.29) is 6.61 Å². The second-order valence-electron chi connectivity index (χ2n) is 2.33. The number of carbonyl (C=O) groups is 1. The fraction of sp³-hybridized carbons (Fsp3) is 0.833. The number of esters is 1. The van der Waals surface area contributed by atoms with Gasteiger partial charge in [-0.05, 0) is 12.8 Å². The molecule has 4 heteroatoms. The van der Waals surface area contributed by atoms with E-state index in [1.807, 2.05) is 0 Å². The molecule has 0 aromatic heterocycles. The number of ether oxygens (including phenoxy) is 1. The van der Waals surface area contributed by atoms with Crippen molar-refractivity contribution in [2.24, 2.45) is 0 Å². The molecule has 10 heavy (non-hydrogen) atoms. The molecule has 1 aliphatic rings. The van der Waals surface area contributed by atoms with Gasteiger partial charge in [0.1, 0.15) is 6.10 Å². The number of cyclic esters (lactones) is 1. The van der Waals surface area contributed by atoms with Crippen LogP contribution in [0.4, 0.5) is 0 Å². The molecule has 1 rings (SSSR count). The maximum Gasteiger partial charge on any atom is 0.335 e. The maximum atomic E-state index is 10.6. The molecule has 2 N–H and O–H groups in total. The molecule has 58 valence electrons. The Bertz CT molecular complexity index is 134. The summed E-state index contributed by atoms with van der Waals surface area (Å²) < 4.78 is 4.61. The van der Waals surface area contributed by atoms with Crippen molar-refractivity contribution in [2.45, 2.75) is 25.0 Å². The summed E-state index contributed by atoms with van der Waals surface area (Å²) in [5, 5.41) is 17.4. The van der Waals surface area contributed by atoms with E-state index in [1.165, 1.54) is 0 Å². The highest BCUT2D eigenvalue weighted by molar-refractivity contribution is 5.75. The SMILES string of the molecule is O=C1OC(CO)CCC1O. The maximum absolute atomic E-state index is 10.6. The van der Waals surface area contributed by atoms with Gasteiger partial charge in [-0.2, -0.15) is 0 Å². The van der Waals surface area contributed by atoms with Crippen LogP contribution in [0.15, 0.2) is 0 Å². The number of carbonyl (C=O) groups excluding carboxylic acids is 1. The van der Waals surface area contributed by atoms with E-state index in [0.29, 0.717) is 12.8 Å². The molecule has 0 aliphatic carbocycles. The van der Waals surface area contributed by atoms with Gasteiger partial charge in [-0.25, -0.2) is 4.79 Å². The molecule has 0 spiro atoms.